The summed E-state index contributed by atoms with van der Waals surface area (Å²) in [5, 5.41) is 0. The van der Waals surface area contributed by atoms with Crippen molar-refractivity contribution in [2.75, 3.05) is 26.4 Å². The second-order valence-corrected chi connectivity index (χ2v) is 3.48. The molecule has 0 aromatic heterocycles. The van der Waals surface area contributed by atoms with Crippen molar-refractivity contribution in [1.29, 1.82) is 0 Å². The first-order valence-corrected chi connectivity index (χ1v) is 5.50. The Labute approximate surface area is 115 Å². The van der Waals surface area contributed by atoms with Crippen molar-refractivity contribution >= 4 is 13.8 Å². The molecular formula is C7H12NaO7P. The Morgan fingerprint density at radius 1 is 1.38 bits per heavy atom. The zero-order chi connectivity index (χ0) is 11.7. The van der Waals surface area contributed by atoms with Gasteiger partial charge in [0.25, 0.3) is 7.82 Å². The smallest absolute Gasteiger partial charge is 0.756 e. The van der Waals surface area contributed by atoms with E-state index in [0.29, 0.717) is 0 Å². The molecule has 0 rings (SSSR count). The molecule has 0 aliphatic rings. The number of ether oxygens (including phenoxy) is 2. The summed E-state index contributed by atoms with van der Waals surface area (Å²) in [4.78, 5) is 28.7. The van der Waals surface area contributed by atoms with Gasteiger partial charge >= 0.3 is 35.5 Å². The number of rotatable bonds is 8. The van der Waals surface area contributed by atoms with Crippen LogP contribution in [-0.4, -0.2) is 37.3 Å². The molecule has 0 fully saturated rings. The molecule has 88 valence electrons. The van der Waals surface area contributed by atoms with Gasteiger partial charge in [0.2, 0.25) is 0 Å². The first kappa shape index (κ1) is 18.6. The van der Waals surface area contributed by atoms with Gasteiger partial charge in [-0.1, -0.05) is 6.58 Å². The minimum absolute atomic E-state index is 0. The maximum Gasteiger partial charge on any atom is 1.00 e. The minimum atomic E-state index is -4.67. The third-order valence-electron chi connectivity index (χ3n) is 1.12. The van der Waals surface area contributed by atoms with Gasteiger partial charge in [0.1, 0.15) is 6.61 Å². The van der Waals surface area contributed by atoms with Crippen LogP contribution < -0.4 is 34.5 Å². The Kier molecular flexibility index (Phi) is 12.2. The van der Waals surface area contributed by atoms with E-state index >= 15 is 0 Å². The van der Waals surface area contributed by atoms with E-state index in [1.54, 1.807) is 0 Å². The fourth-order valence-electron chi connectivity index (χ4n) is 0.574. The monoisotopic (exact) mass is 262 g/mol. The molecule has 0 bridgehead atoms. The van der Waals surface area contributed by atoms with Gasteiger partial charge in [-0.25, -0.2) is 4.79 Å². The topological polar surface area (TPSA) is 105 Å². The number of hydrogen-bond donors (Lipinski definition) is 1. The summed E-state index contributed by atoms with van der Waals surface area (Å²) in [6.45, 7) is 3.02. The van der Waals surface area contributed by atoms with Gasteiger partial charge in [0.05, 0.1) is 19.8 Å². The van der Waals surface area contributed by atoms with E-state index in [1.807, 2.05) is 0 Å². The summed E-state index contributed by atoms with van der Waals surface area (Å²) in [5.74, 6) is -0.561. The quantitative estimate of drug-likeness (QED) is 0.157. The number of phosphoric acid groups is 1. The van der Waals surface area contributed by atoms with Crippen LogP contribution in [0.3, 0.4) is 0 Å². The fourth-order valence-corrected chi connectivity index (χ4v) is 0.879. The van der Waals surface area contributed by atoms with E-state index in [2.05, 4.69) is 15.8 Å². The number of carbonyl (C=O) groups excluding carboxylic acids is 1. The summed E-state index contributed by atoms with van der Waals surface area (Å²) in [5.41, 5.74) is 0. The molecule has 0 aromatic rings. The van der Waals surface area contributed by atoms with Crippen molar-refractivity contribution in [3.05, 3.63) is 12.7 Å². The standard InChI is InChI=1S/C7H13O7P.Na/c1-2-7(8)13-5-3-12-4-6-14-15(9,10)11;/h2H,1,3-6H2,(H2,9,10,11);/q;+1/p-1. The van der Waals surface area contributed by atoms with Crippen molar-refractivity contribution < 1.29 is 62.7 Å². The molecule has 0 aromatic carbocycles. The summed E-state index contributed by atoms with van der Waals surface area (Å²) < 4.78 is 23.4. The molecule has 0 saturated heterocycles. The third kappa shape index (κ3) is 14.3. The van der Waals surface area contributed by atoms with Crippen LogP contribution in [0.1, 0.15) is 0 Å². The average Bonchev–Trinajstić information content (AvgIpc) is 2.14. The molecule has 16 heavy (non-hydrogen) atoms. The Balaban J connectivity index is 0. The average molecular weight is 262 g/mol. The summed E-state index contributed by atoms with van der Waals surface area (Å²) in [7, 11) is -4.67. The molecule has 1 atom stereocenters. The van der Waals surface area contributed by atoms with E-state index in [4.69, 9.17) is 9.63 Å². The largest absolute Gasteiger partial charge is 1.00 e. The molecule has 0 heterocycles. The third-order valence-corrected chi connectivity index (χ3v) is 1.63. The Bertz CT molecular complexity index is 251. The van der Waals surface area contributed by atoms with Crippen molar-refractivity contribution in [3.63, 3.8) is 0 Å². The van der Waals surface area contributed by atoms with Crippen LogP contribution in [0.15, 0.2) is 12.7 Å². The minimum Gasteiger partial charge on any atom is -0.756 e. The second-order valence-electron chi connectivity index (χ2n) is 2.29. The Morgan fingerprint density at radius 3 is 2.44 bits per heavy atom. The van der Waals surface area contributed by atoms with Crippen molar-refractivity contribution in [3.8, 4) is 0 Å². The van der Waals surface area contributed by atoms with Crippen LogP contribution >= 0.6 is 7.82 Å². The predicted octanol–water partition coefficient (Wildman–Crippen LogP) is -3.79. The van der Waals surface area contributed by atoms with Gasteiger partial charge in [0, 0.05) is 6.08 Å². The summed E-state index contributed by atoms with van der Waals surface area (Å²) in [6, 6.07) is 0. The van der Waals surface area contributed by atoms with E-state index in [9.17, 15) is 14.3 Å². The molecule has 1 unspecified atom stereocenters. The van der Waals surface area contributed by atoms with Crippen molar-refractivity contribution in [1.82, 2.24) is 0 Å². The van der Waals surface area contributed by atoms with Crippen LogP contribution in [0.2, 0.25) is 0 Å². The van der Waals surface area contributed by atoms with Crippen LogP contribution in [0.4, 0.5) is 0 Å². The number of esters is 1. The SMILES string of the molecule is C=CC(=O)OCCOCCOP(=O)([O-])O.[Na+]. The molecule has 0 aliphatic carbocycles. The number of phosphoric ester groups is 1. The van der Waals surface area contributed by atoms with E-state index in [-0.39, 0.29) is 56.0 Å². The van der Waals surface area contributed by atoms with Crippen molar-refractivity contribution in [2.45, 2.75) is 0 Å². The number of hydrogen-bond acceptors (Lipinski definition) is 6. The van der Waals surface area contributed by atoms with E-state index in [1.165, 1.54) is 0 Å². The fraction of sp³-hybridized carbons (Fsp3) is 0.571. The Morgan fingerprint density at radius 2 is 1.94 bits per heavy atom. The van der Waals surface area contributed by atoms with Crippen LogP contribution in [-0.2, 0) is 23.4 Å². The maximum atomic E-state index is 10.5. The van der Waals surface area contributed by atoms with Gasteiger partial charge in [-0.3, -0.25) is 4.57 Å². The summed E-state index contributed by atoms with van der Waals surface area (Å²) >= 11 is 0. The van der Waals surface area contributed by atoms with Crippen LogP contribution in [0.25, 0.3) is 0 Å². The molecular weight excluding hydrogens is 250 g/mol. The molecule has 0 saturated carbocycles. The molecule has 7 nitrogen and oxygen atoms in total. The van der Waals surface area contributed by atoms with Crippen molar-refractivity contribution in [2.24, 2.45) is 0 Å². The van der Waals surface area contributed by atoms with Gasteiger partial charge in [-0.15, -0.1) is 0 Å². The normalized spacial score (nSPS) is 13.4. The first-order chi connectivity index (χ1) is 6.95. The van der Waals surface area contributed by atoms with E-state index in [0.717, 1.165) is 6.08 Å². The molecule has 0 spiro atoms. The predicted molar refractivity (Wildman–Crippen MR) is 47.8 cm³/mol. The zero-order valence-corrected chi connectivity index (χ0v) is 11.9. The van der Waals surface area contributed by atoms with Gasteiger partial charge in [0.15, 0.2) is 0 Å². The Hall–Kier alpha value is 0.280. The van der Waals surface area contributed by atoms with E-state index < -0.39 is 13.8 Å². The number of carbonyl (C=O) groups is 1. The molecule has 9 heteroatoms. The first-order valence-electron chi connectivity index (χ1n) is 4.01. The molecule has 0 aliphatic heterocycles. The zero-order valence-electron chi connectivity index (χ0n) is 8.96. The van der Waals surface area contributed by atoms with Gasteiger partial charge in [-0.05, 0) is 0 Å². The molecule has 0 radical (unpaired) electrons. The van der Waals surface area contributed by atoms with Gasteiger partial charge < -0.3 is 23.8 Å². The van der Waals surface area contributed by atoms with Gasteiger partial charge in [-0.2, -0.15) is 0 Å². The maximum absolute atomic E-state index is 10.5. The summed E-state index contributed by atoms with van der Waals surface area (Å²) in [6.07, 6.45) is 1.02. The van der Waals surface area contributed by atoms with Crippen LogP contribution in [0, 0.1) is 0 Å². The second kappa shape index (κ2) is 10.4. The molecule has 0 amide bonds. The van der Waals surface area contributed by atoms with Crippen LogP contribution in [0.5, 0.6) is 0 Å². The molecule has 1 N–H and O–H groups in total.